The number of benzene rings is 12. The fraction of sp³-hybridized carbons (Fsp3) is 0.128. The maximum Gasteiger partial charge on any atom is 0.302 e. The van der Waals surface area contributed by atoms with Crippen molar-refractivity contribution in [1.29, 1.82) is 0 Å². The highest BCUT2D eigenvalue weighted by Gasteiger charge is 2.20. The predicted octanol–water partition coefficient (Wildman–Crippen LogP) is 19.6. The monoisotopic (exact) mass is 1350 g/mol. The molecule has 14 aromatic rings. The second-order valence-electron chi connectivity index (χ2n) is 23.4. The van der Waals surface area contributed by atoms with Gasteiger partial charge in [-0.3, -0.25) is 14.4 Å². The highest BCUT2D eigenvalue weighted by molar-refractivity contribution is 6.07. The van der Waals surface area contributed by atoms with E-state index in [-0.39, 0.29) is 57.5 Å². The minimum absolute atomic E-state index is 0.0337. The van der Waals surface area contributed by atoms with Crippen LogP contribution in [0, 0.1) is 0 Å². The quantitative estimate of drug-likeness (QED) is 0.0726. The molecule has 2 aliphatic rings. The number of esters is 3. The van der Waals surface area contributed by atoms with Crippen LogP contribution in [0.15, 0.2) is 288 Å². The number of furan rings is 2. The van der Waals surface area contributed by atoms with Gasteiger partial charge in [0.25, 0.3) is 0 Å². The Morgan fingerprint density at radius 2 is 0.762 bits per heavy atom. The molecule has 2 aromatic heterocycles. The SMILES string of the molecule is CC(=O)OCc1ccc2c(c1)oc1ccccc12.CC(=O)OCc1cccc(Oc2ccccc2)c1.CC(=O)OCc1cccc2oc3ccccc3c12.OCc1ccc2c(c1)Oc1ccccc1C2.OCc1cccc(Oc2ccccc2)c1.OCc1cccc2c1Cc1ccccc1O2. The molecule has 0 saturated carbocycles. The number of carbonyl (C=O) groups excluding carboxylic acids is 3. The normalized spacial score (nSPS) is 11.1. The topological polar surface area (TPSA) is 203 Å². The number of rotatable bonds is 13. The number of aliphatic hydroxyl groups is 3. The van der Waals surface area contributed by atoms with Crippen LogP contribution in [-0.2, 0) is 81.1 Å². The van der Waals surface area contributed by atoms with Gasteiger partial charge in [0.1, 0.15) is 88.1 Å². The van der Waals surface area contributed by atoms with Crippen LogP contribution in [0.4, 0.5) is 0 Å². The fourth-order valence-corrected chi connectivity index (χ4v) is 11.2. The first kappa shape index (κ1) is 70.1. The maximum absolute atomic E-state index is 10.9. The Morgan fingerprint density at radius 3 is 1.40 bits per heavy atom. The van der Waals surface area contributed by atoms with E-state index in [1.54, 1.807) is 0 Å². The maximum atomic E-state index is 10.9. The number of ether oxygens (including phenoxy) is 7. The highest BCUT2D eigenvalue weighted by atomic mass is 16.5. The van der Waals surface area contributed by atoms with Gasteiger partial charge in [-0.2, -0.15) is 0 Å². The van der Waals surface area contributed by atoms with E-state index in [4.69, 9.17) is 52.2 Å². The van der Waals surface area contributed by atoms with E-state index < -0.39 is 0 Å². The molecule has 0 atom stereocenters. The van der Waals surface area contributed by atoms with Crippen molar-refractivity contribution in [2.75, 3.05) is 0 Å². The van der Waals surface area contributed by atoms with Crippen LogP contribution in [0.5, 0.6) is 46.0 Å². The number of fused-ring (bicyclic) bond motifs is 10. The van der Waals surface area contributed by atoms with E-state index in [0.29, 0.717) is 0 Å². The molecule has 12 aromatic carbocycles. The summed E-state index contributed by atoms with van der Waals surface area (Å²) in [5.74, 6) is 5.78. The van der Waals surface area contributed by atoms with Gasteiger partial charge in [-0.15, -0.1) is 0 Å². The zero-order valence-corrected chi connectivity index (χ0v) is 56.0. The Kier molecular flexibility index (Phi) is 24.1. The molecule has 15 nitrogen and oxygen atoms in total. The van der Waals surface area contributed by atoms with Crippen molar-refractivity contribution in [3.63, 3.8) is 0 Å². The van der Waals surface area contributed by atoms with Crippen molar-refractivity contribution in [2.24, 2.45) is 0 Å². The van der Waals surface area contributed by atoms with E-state index in [2.05, 4.69) is 12.1 Å². The van der Waals surface area contributed by atoms with Gasteiger partial charge in [0, 0.05) is 66.3 Å². The molecule has 0 spiro atoms. The number of hydrogen-bond donors (Lipinski definition) is 3. The van der Waals surface area contributed by atoms with Crippen LogP contribution in [0.1, 0.15) is 76.4 Å². The smallest absolute Gasteiger partial charge is 0.302 e. The van der Waals surface area contributed by atoms with Crippen molar-refractivity contribution in [3.05, 3.63) is 335 Å². The lowest BCUT2D eigenvalue weighted by atomic mass is 9.96. The third-order valence-electron chi connectivity index (χ3n) is 16.0. The highest BCUT2D eigenvalue weighted by Crippen LogP contribution is 2.39. The molecule has 0 fully saturated rings. The molecule has 3 N–H and O–H groups in total. The van der Waals surface area contributed by atoms with E-state index in [0.717, 1.165) is 142 Å². The Bertz CT molecular complexity index is 5080. The van der Waals surface area contributed by atoms with Gasteiger partial charge in [-0.1, -0.05) is 182 Å². The molecule has 0 amide bonds. The van der Waals surface area contributed by atoms with Crippen LogP contribution in [0.25, 0.3) is 43.9 Å². The molecule has 101 heavy (non-hydrogen) atoms. The van der Waals surface area contributed by atoms with Gasteiger partial charge in [-0.25, -0.2) is 0 Å². The van der Waals surface area contributed by atoms with Crippen molar-refractivity contribution in [3.8, 4) is 46.0 Å². The summed E-state index contributed by atoms with van der Waals surface area (Å²) in [5, 5.41) is 31.6. The molecule has 2 aliphatic heterocycles. The zero-order valence-electron chi connectivity index (χ0n) is 56.0. The van der Waals surface area contributed by atoms with Gasteiger partial charge in [0.15, 0.2) is 0 Å². The molecule has 0 unspecified atom stereocenters. The average molecular weight is 1350 g/mol. The molecule has 16 rings (SSSR count). The third-order valence-corrected chi connectivity index (χ3v) is 16.0. The number of hydrogen-bond acceptors (Lipinski definition) is 15. The van der Waals surface area contributed by atoms with Crippen LogP contribution < -0.4 is 18.9 Å². The lowest BCUT2D eigenvalue weighted by molar-refractivity contribution is -0.143. The van der Waals surface area contributed by atoms with E-state index in [1.165, 1.54) is 37.5 Å². The molecule has 4 heterocycles. The van der Waals surface area contributed by atoms with Gasteiger partial charge >= 0.3 is 17.9 Å². The first-order valence-electron chi connectivity index (χ1n) is 32.8. The Morgan fingerprint density at radius 1 is 0.327 bits per heavy atom. The third kappa shape index (κ3) is 19.3. The average Bonchev–Trinajstić information content (AvgIpc) is 1.38. The summed E-state index contributed by atoms with van der Waals surface area (Å²) in [7, 11) is 0. The van der Waals surface area contributed by atoms with Gasteiger partial charge < -0.3 is 57.3 Å². The summed E-state index contributed by atoms with van der Waals surface area (Å²) in [4.78, 5) is 32.4. The van der Waals surface area contributed by atoms with E-state index in [1.807, 2.05) is 267 Å². The first-order chi connectivity index (χ1) is 49.4. The number of aliphatic hydroxyl groups excluding tert-OH is 3. The molecule has 15 heteroatoms. The summed E-state index contributed by atoms with van der Waals surface area (Å²) >= 11 is 0. The van der Waals surface area contributed by atoms with Crippen molar-refractivity contribution < 1.29 is 71.7 Å². The largest absolute Gasteiger partial charge is 0.461 e. The van der Waals surface area contributed by atoms with E-state index >= 15 is 0 Å². The first-order valence-corrected chi connectivity index (χ1v) is 32.8. The van der Waals surface area contributed by atoms with Gasteiger partial charge in [0.2, 0.25) is 0 Å². The second kappa shape index (κ2) is 34.8. The van der Waals surface area contributed by atoms with Crippen LogP contribution in [0.3, 0.4) is 0 Å². The van der Waals surface area contributed by atoms with Crippen molar-refractivity contribution in [2.45, 2.75) is 73.3 Å². The predicted molar refractivity (Wildman–Crippen MR) is 389 cm³/mol. The van der Waals surface area contributed by atoms with E-state index in [9.17, 15) is 19.5 Å². The minimum Gasteiger partial charge on any atom is -0.461 e. The Balaban J connectivity index is 0.000000122. The van der Waals surface area contributed by atoms with Gasteiger partial charge in [0.05, 0.1) is 19.8 Å². The molecule has 0 saturated heterocycles. The summed E-state index contributed by atoms with van der Waals surface area (Å²) in [6, 6.07) is 89.2. The minimum atomic E-state index is -0.288. The molecular formula is C86H74O15. The summed E-state index contributed by atoms with van der Waals surface area (Å²) in [6.45, 7) is 5.18. The van der Waals surface area contributed by atoms with Crippen LogP contribution in [-0.4, -0.2) is 33.2 Å². The Labute approximate surface area is 584 Å². The molecule has 508 valence electrons. The van der Waals surface area contributed by atoms with Crippen molar-refractivity contribution >= 4 is 61.8 Å². The fourth-order valence-electron chi connectivity index (χ4n) is 11.2. The summed E-state index contributed by atoms with van der Waals surface area (Å²) in [6.07, 6.45) is 1.74. The molecule has 0 aliphatic carbocycles. The van der Waals surface area contributed by atoms with Crippen molar-refractivity contribution in [1.82, 2.24) is 0 Å². The molecule has 0 bridgehead atoms. The van der Waals surface area contributed by atoms with Crippen LogP contribution >= 0.6 is 0 Å². The molecule has 0 radical (unpaired) electrons. The lowest BCUT2D eigenvalue weighted by Crippen LogP contribution is -2.05. The second-order valence-corrected chi connectivity index (χ2v) is 23.4. The summed E-state index contributed by atoms with van der Waals surface area (Å²) in [5.41, 5.74) is 13.5. The lowest BCUT2D eigenvalue weighted by Gasteiger charge is -2.21. The number of para-hydroxylation sites is 6. The Hall–Kier alpha value is -12.3. The molecular weight excluding hydrogens is 1270 g/mol. The summed E-state index contributed by atoms with van der Waals surface area (Å²) < 4.78 is 49.4. The van der Waals surface area contributed by atoms with Crippen LogP contribution in [0.2, 0.25) is 0 Å². The zero-order chi connectivity index (χ0) is 70.3. The van der Waals surface area contributed by atoms with Gasteiger partial charge in [-0.05, 0) is 142 Å². The number of carbonyl (C=O) groups is 3. The standard InChI is InChI=1S/2C15H12O3.C15H14O3.2C14H12O2.C13H12O2/c1-10(16)17-9-11-5-4-8-14-15(11)12-6-2-3-7-13(12)18-14;1-10(16)17-9-11-6-7-13-12-4-2-3-5-14(12)18-15(13)8-11;1-12(16)17-11-13-6-5-9-15(10-13)18-14-7-3-2-4-8-14;15-9-11-5-3-7-14-12(11)8-10-4-1-2-6-13(10)16-14;15-9-10-5-6-12-8-11-3-1-2-4-13(11)16-14(12)7-10;14-10-11-5-4-8-13(9-11)15-12-6-2-1-3-7-12/h2*2-8H,9H2,1H3;2-10H,11H2,1H3;2*1-7,15H,8-9H2;1-9,14H,10H2.